The predicted molar refractivity (Wildman–Crippen MR) is 88.9 cm³/mol. The van der Waals surface area contributed by atoms with Crippen molar-refractivity contribution in [2.45, 2.75) is 12.8 Å². The van der Waals surface area contributed by atoms with Crippen LogP contribution in [0.3, 0.4) is 0 Å². The molecule has 2 heterocycles. The molecule has 22 heavy (non-hydrogen) atoms. The number of benzene rings is 2. The fraction of sp³-hybridized carbons (Fsp3) is 0.150. The molecule has 0 aliphatic carbocycles. The maximum atomic E-state index is 5.77. The summed E-state index contributed by atoms with van der Waals surface area (Å²) < 4.78 is 5.77. The van der Waals surface area contributed by atoms with Crippen LogP contribution in [0.5, 0.6) is 5.88 Å². The Labute approximate surface area is 130 Å². The summed E-state index contributed by atoms with van der Waals surface area (Å²) in [5.74, 6) is 0.796. The number of fused-ring (bicyclic) bond motifs is 1. The van der Waals surface area contributed by atoms with Gasteiger partial charge < -0.3 is 4.74 Å². The van der Waals surface area contributed by atoms with Crippen molar-refractivity contribution in [1.29, 1.82) is 0 Å². The standard InChI is InChI=1S/C20H17NO/c1-3-8-15(9-4-1)18-14-17-12-7-13-22-20(17)21-19(18)16-10-5-2-6-11-16/h1-6,8-11,14H,7,12-13H2. The van der Waals surface area contributed by atoms with Crippen LogP contribution in [-0.4, -0.2) is 11.6 Å². The molecule has 0 atom stereocenters. The number of pyridine rings is 1. The number of nitrogens with zero attached hydrogens (tertiary/aromatic N) is 1. The van der Waals surface area contributed by atoms with Gasteiger partial charge in [-0.05, 0) is 24.5 Å². The Morgan fingerprint density at radius 3 is 2.23 bits per heavy atom. The largest absolute Gasteiger partial charge is 0.477 e. The van der Waals surface area contributed by atoms with Crippen LogP contribution < -0.4 is 4.74 Å². The van der Waals surface area contributed by atoms with E-state index in [1.54, 1.807) is 0 Å². The monoisotopic (exact) mass is 287 g/mol. The van der Waals surface area contributed by atoms with E-state index in [1.165, 1.54) is 16.7 Å². The van der Waals surface area contributed by atoms with Gasteiger partial charge in [0.1, 0.15) is 0 Å². The van der Waals surface area contributed by atoms with Crippen LogP contribution in [0.25, 0.3) is 22.4 Å². The molecule has 0 fully saturated rings. The number of hydrogen-bond donors (Lipinski definition) is 0. The van der Waals surface area contributed by atoms with E-state index in [-0.39, 0.29) is 0 Å². The Morgan fingerprint density at radius 1 is 0.818 bits per heavy atom. The molecule has 0 amide bonds. The van der Waals surface area contributed by atoms with Crippen LogP contribution in [-0.2, 0) is 6.42 Å². The first-order valence-electron chi connectivity index (χ1n) is 7.69. The summed E-state index contributed by atoms with van der Waals surface area (Å²) >= 11 is 0. The summed E-state index contributed by atoms with van der Waals surface area (Å²) in [7, 11) is 0. The number of hydrogen-bond acceptors (Lipinski definition) is 2. The lowest BCUT2D eigenvalue weighted by Gasteiger charge is -2.19. The fourth-order valence-corrected chi connectivity index (χ4v) is 2.93. The maximum Gasteiger partial charge on any atom is 0.217 e. The molecule has 1 aliphatic heterocycles. The minimum Gasteiger partial charge on any atom is -0.477 e. The van der Waals surface area contributed by atoms with E-state index in [1.807, 2.05) is 24.3 Å². The molecule has 0 spiro atoms. The minimum absolute atomic E-state index is 0.763. The molecule has 0 saturated carbocycles. The van der Waals surface area contributed by atoms with Crippen LogP contribution in [0.4, 0.5) is 0 Å². The highest BCUT2D eigenvalue weighted by atomic mass is 16.5. The average molecular weight is 287 g/mol. The van der Waals surface area contributed by atoms with Crippen molar-refractivity contribution in [1.82, 2.24) is 4.98 Å². The summed E-state index contributed by atoms with van der Waals surface area (Å²) in [4.78, 5) is 4.84. The van der Waals surface area contributed by atoms with Crippen LogP contribution in [0.1, 0.15) is 12.0 Å². The van der Waals surface area contributed by atoms with Gasteiger partial charge in [-0.2, -0.15) is 0 Å². The number of aromatic nitrogens is 1. The van der Waals surface area contributed by atoms with E-state index < -0.39 is 0 Å². The number of rotatable bonds is 2. The fourth-order valence-electron chi connectivity index (χ4n) is 2.93. The second-order valence-electron chi connectivity index (χ2n) is 5.53. The number of aryl methyl sites for hydroxylation is 1. The lowest BCUT2D eigenvalue weighted by atomic mass is 9.96. The van der Waals surface area contributed by atoms with Gasteiger partial charge in [-0.15, -0.1) is 0 Å². The Hall–Kier alpha value is -2.61. The SMILES string of the molecule is c1ccc(-c2cc3c(nc2-c2ccccc2)OCCC3)cc1. The Morgan fingerprint density at radius 2 is 1.50 bits per heavy atom. The molecule has 4 rings (SSSR count). The second-order valence-corrected chi connectivity index (χ2v) is 5.53. The second kappa shape index (κ2) is 5.64. The normalized spacial score (nSPS) is 13.3. The highest BCUT2D eigenvalue weighted by molar-refractivity contribution is 5.81. The molecule has 0 bridgehead atoms. The van der Waals surface area contributed by atoms with Gasteiger partial charge >= 0.3 is 0 Å². The van der Waals surface area contributed by atoms with Gasteiger partial charge in [0.15, 0.2) is 0 Å². The van der Waals surface area contributed by atoms with E-state index >= 15 is 0 Å². The van der Waals surface area contributed by atoms with E-state index in [0.717, 1.165) is 36.6 Å². The molecule has 2 heteroatoms. The molecule has 0 radical (unpaired) electrons. The zero-order valence-electron chi connectivity index (χ0n) is 12.3. The van der Waals surface area contributed by atoms with Crippen LogP contribution in [0.2, 0.25) is 0 Å². The Balaban J connectivity index is 1.95. The third-order valence-corrected chi connectivity index (χ3v) is 4.02. The average Bonchev–Trinajstić information content (AvgIpc) is 2.62. The first-order chi connectivity index (χ1) is 10.9. The third kappa shape index (κ3) is 2.37. The van der Waals surface area contributed by atoms with Crippen molar-refractivity contribution >= 4 is 0 Å². The van der Waals surface area contributed by atoms with Crippen molar-refractivity contribution in [2.24, 2.45) is 0 Å². The molecular formula is C20H17NO. The van der Waals surface area contributed by atoms with Crippen molar-refractivity contribution < 1.29 is 4.74 Å². The first kappa shape index (κ1) is 13.1. The summed E-state index contributed by atoms with van der Waals surface area (Å²) in [6, 6.07) is 23.0. The molecule has 2 nitrogen and oxygen atoms in total. The molecule has 0 N–H and O–H groups in total. The molecule has 2 aromatic carbocycles. The smallest absolute Gasteiger partial charge is 0.217 e. The quantitative estimate of drug-likeness (QED) is 0.679. The lowest BCUT2D eigenvalue weighted by molar-refractivity contribution is 0.277. The van der Waals surface area contributed by atoms with Gasteiger partial charge in [-0.1, -0.05) is 60.7 Å². The minimum atomic E-state index is 0.763. The van der Waals surface area contributed by atoms with E-state index in [4.69, 9.17) is 9.72 Å². The molecular weight excluding hydrogens is 270 g/mol. The van der Waals surface area contributed by atoms with Crippen molar-refractivity contribution in [2.75, 3.05) is 6.61 Å². The Bertz CT molecular complexity index is 713. The first-order valence-corrected chi connectivity index (χ1v) is 7.69. The zero-order chi connectivity index (χ0) is 14.8. The summed E-state index contributed by atoms with van der Waals surface area (Å²) in [6.07, 6.45) is 2.10. The molecule has 1 aliphatic rings. The molecule has 0 unspecified atom stereocenters. The van der Waals surface area contributed by atoms with Gasteiger partial charge in [0.2, 0.25) is 5.88 Å². The predicted octanol–water partition coefficient (Wildman–Crippen LogP) is 4.74. The summed E-state index contributed by atoms with van der Waals surface area (Å²) in [5, 5.41) is 0. The molecule has 3 aromatic rings. The molecule has 108 valence electrons. The highest BCUT2D eigenvalue weighted by Crippen LogP contribution is 2.36. The van der Waals surface area contributed by atoms with Gasteiger partial charge in [0, 0.05) is 16.7 Å². The van der Waals surface area contributed by atoms with E-state index in [2.05, 4.69) is 42.5 Å². The van der Waals surface area contributed by atoms with Gasteiger partial charge in [-0.3, -0.25) is 0 Å². The lowest BCUT2D eigenvalue weighted by Crippen LogP contribution is -2.11. The Kier molecular flexibility index (Phi) is 3.36. The maximum absolute atomic E-state index is 5.77. The third-order valence-electron chi connectivity index (χ3n) is 4.02. The number of ether oxygens (including phenoxy) is 1. The molecule has 1 aromatic heterocycles. The van der Waals surface area contributed by atoms with Crippen molar-refractivity contribution in [3.8, 4) is 28.3 Å². The van der Waals surface area contributed by atoms with Crippen molar-refractivity contribution in [3.05, 3.63) is 72.3 Å². The van der Waals surface area contributed by atoms with Crippen LogP contribution >= 0.6 is 0 Å². The van der Waals surface area contributed by atoms with Crippen LogP contribution in [0, 0.1) is 0 Å². The van der Waals surface area contributed by atoms with Gasteiger partial charge in [0.05, 0.1) is 12.3 Å². The highest BCUT2D eigenvalue weighted by Gasteiger charge is 2.18. The van der Waals surface area contributed by atoms with Crippen molar-refractivity contribution in [3.63, 3.8) is 0 Å². The topological polar surface area (TPSA) is 22.1 Å². The van der Waals surface area contributed by atoms with Gasteiger partial charge in [0.25, 0.3) is 0 Å². The summed E-state index contributed by atoms with van der Waals surface area (Å²) in [5.41, 5.74) is 5.70. The van der Waals surface area contributed by atoms with Crippen LogP contribution in [0.15, 0.2) is 66.7 Å². The molecule has 0 saturated heterocycles. The zero-order valence-corrected chi connectivity index (χ0v) is 12.3. The summed E-state index contributed by atoms with van der Waals surface area (Å²) in [6.45, 7) is 0.763. The van der Waals surface area contributed by atoms with Gasteiger partial charge in [-0.25, -0.2) is 4.98 Å². The van der Waals surface area contributed by atoms with E-state index in [0.29, 0.717) is 0 Å². The van der Waals surface area contributed by atoms with E-state index in [9.17, 15) is 0 Å².